The van der Waals surface area contributed by atoms with Gasteiger partial charge in [0.05, 0.1) is 18.4 Å². The molecule has 2 heterocycles. The minimum Gasteiger partial charge on any atom is -0.481 e. The lowest BCUT2D eigenvalue weighted by Gasteiger charge is -1.99. The molecule has 0 atom stereocenters. The quantitative estimate of drug-likeness (QED) is 0.779. The van der Waals surface area contributed by atoms with Crippen LogP contribution >= 0.6 is 0 Å². The molecule has 0 spiro atoms. The second-order valence-electron chi connectivity index (χ2n) is 4.52. The Bertz CT molecular complexity index is 585. The van der Waals surface area contributed by atoms with Crippen molar-refractivity contribution in [2.45, 2.75) is 32.2 Å². The molecule has 1 N–H and O–H groups in total. The lowest BCUT2D eigenvalue weighted by Crippen LogP contribution is -2.01. The fourth-order valence-corrected chi connectivity index (χ4v) is 1.84. The number of carbonyl (C=O) groups is 1. The van der Waals surface area contributed by atoms with Gasteiger partial charge in [-0.1, -0.05) is 5.21 Å². The van der Waals surface area contributed by atoms with Gasteiger partial charge in [0.25, 0.3) is 0 Å². The molecule has 0 aliphatic rings. The van der Waals surface area contributed by atoms with Crippen LogP contribution in [0.25, 0.3) is 0 Å². The number of carboxylic acid groups (broad SMARTS) is 1. The van der Waals surface area contributed by atoms with Crippen LogP contribution in [0.15, 0.2) is 24.7 Å². The average Bonchev–Trinajstić information content (AvgIpc) is 2.82. The van der Waals surface area contributed by atoms with Gasteiger partial charge in [-0.3, -0.25) is 9.78 Å². The van der Waals surface area contributed by atoms with E-state index in [2.05, 4.69) is 15.3 Å². The predicted molar refractivity (Wildman–Crippen MR) is 68.5 cm³/mol. The average molecular weight is 278 g/mol. The zero-order chi connectivity index (χ0) is 14.4. The van der Waals surface area contributed by atoms with Crippen molar-refractivity contribution in [2.24, 2.45) is 0 Å². The summed E-state index contributed by atoms with van der Waals surface area (Å²) in [7, 11) is 0. The molecule has 0 radical (unpaired) electrons. The molecule has 2 rings (SSSR count). The van der Waals surface area contributed by atoms with Gasteiger partial charge in [0.2, 0.25) is 0 Å². The summed E-state index contributed by atoms with van der Waals surface area (Å²) in [6.45, 7) is 0.410. The fourth-order valence-electron chi connectivity index (χ4n) is 1.84. The Kier molecular flexibility index (Phi) is 4.75. The summed E-state index contributed by atoms with van der Waals surface area (Å²) in [5, 5.41) is 16.5. The van der Waals surface area contributed by atoms with Gasteiger partial charge >= 0.3 is 5.97 Å². The molecule has 20 heavy (non-hydrogen) atoms. The molecule has 0 amide bonds. The van der Waals surface area contributed by atoms with Crippen LogP contribution < -0.4 is 0 Å². The first-order valence-corrected chi connectivity index (χ1v) is 6.34. The van der Waals surface area contributed by atoms with E-state index in [0.717, 1.165) is 18.3 Å². The molecular weight excluding hydrogens is 263 g/mol. The Morgan fingerprint density at radius 1 is 1.35 bits per heavy atom. The van der Waals surface area contributed by atoms with Gasteiger partial charge in [-0.25, -0.2) is 9.07 Å². The monoisotopic (exact) mass is 278 g/mol. The number of aryl methyl sites for hydroxylation is 1. The van der Waals surface area contributed by atoms with E-state index >= 15 is 0 Å². The second kappa shape index (κ2) is 6.74. The summed E-state index contributed by atoms with van der Waals surface area (Å²) in [6.07, 6.45) is 6.75. The van der Waals surface area contributed by atoms with Crippen molar-refractivity contribution in [1.82, 2.24) is 20.0 Å². The standard InChI is InChI=1S/C13H15FN4O2/c14-11-5-10(6-15-7-11)8-18-9-12(16-17-18)3-1-2-4-13(19)20/h5-7,9H,1-4,8H2,(H,19,20). The predicted octanol–water partition coefficient (Wildman–Crippen LogP) is 1.66. The Hall–Kier alpha value is -2.31. The van der Waals surface area contributed by atoms with Crippen LogP contribution in [-0.2, 0) is 17.8 Å². The number of pyridine rings is 1. The van der Waals surface area contributed by atoms with Crippen molar-refractivity contribution in [1.29, 1.82) is 0 Å². The van der Waals surface area contributed by atoms with E-state index < -0.39 is 5.97 Å². The molecule has 0 aromatic carbocycles. The van der Waals surface area contributed by atoms with Crippen LogP contribution in [0.5, 0.6) is 0 Å². The maximum Gasteiger partial charge on any atom is 0.303 e. The molecule has 2 aromatic heterocycles. The number of rotatable bonds is 7. The Balaban J connectivity index is 1.84. The summed E-state index contributed by atoms with van der Waals surface area (Å²) >= 11 is 0. The van der Waals surface area contributed by atoms with Gasteiger partial charge in [-0.05, 0) is 30.9 Å². The van der Waals surface area contributed by atoms with Crippen molar-refractivity contribution < 1.29 is 14.3 Å². The van der Waals surface area contributed by atoms with Crippen LogP contribution in [0, 0.1) is 5.82 Å². The third-order valence-corrected chi connectivity index (χ3v) is 2.77. The largest absolute Gasteiger partial charge is 0.481 e. The second-order valence-corrected chi connectivity index (χ2v) is 4.52. The first kappa shape index (κ1) is 14.1. The van der Waals surface area contributed by atoms with E-state index in [0.29, 0.717) is 24.9 Å². The molecule has 0 aliphatic heterocycles. The molecule has 106 valence electrons. The molecule has 7 heteroatoms. The number of hydrogen-bond donors (Lipinski definition) is 1. The lowest BCUT2D eigenvalue weighted by atomic mass is 10.1. The zero-order valence-electron chi connectivity index (χ0n) is 10.9. The summed E-state index contributed by atoms with van der Waals surface area (Å²) in [4.78, 5) is 14.1. The number of carboxylic acids is 1. The highest BCUT2D eigenvalue weighted by Crippen LogP contribution is 2.06. The van der Waals surface area contributed by atoms with Gasteiger partial charge in [0.1, 0.15) is 5.82 Å². The summed E-state index contributed by atoms with van der Waals surface area (Å²) in [6, 6.07) is 1.40. The maximum atomic E-state index is 13.0. The van der Waals surface area contributed by atoms with Gasteiger partial charge in [-0.15, -0.1) is 5.10 Å². The SMILES string of the molecule is O=C(O)CCCCc1cn(Cc2cncc(F)c2)nn1. The van der Waals surface area contributed by atoms with Gasteiger partial charge in [0, 0.05) is 18.8 Å². The van der Waals surface area contributed by atoms with Crippen molar-refractivity contribution >= 4 is 5.97 Å². The summed E-state index contributed by atoms with van der Waals surface area (Å²) in [5.41, 5.74) is 1.52. The van der Waals surface area contributed by atoms with Gasteiger partial charge in [-0.2, -0.15) is 0 Å². The van der Waals surface area contributed by atoms with Crippen LogP contribution in [0.2, 0.25) is 0 Å². The van der Waals surface area contributed by atoms with Gasteiger partial charge in [0.15, 0.2) is 0 Å². The Morgan fingerprint density at radius 2 is 2.20 bits per heavy atom. The molecule has 0 bridgehead atoms. The highest BCUT2D eigenvalue weighted by molar-refractivity contribution is 5.66. The number of nitrogens with zero attached hydrogens (tertiary/aromatic N) is 4. The normalized spacial score (nSPS) is 10.7. The highest BCUT2D eigenvalue weighted by Gasteiger charge is 2.04. The third kappa shape index (κ3) is 4.42. The molecular formula is C13H15FN4O2. The van der Waals surface area contributed by atoms with Crippen molar-refractivity contribution in [3.05, 3.63) is 41.7 Å². The summed E-state index contributed by atoms with van der Waals surface area (Å²) < 4.78 is 14.6. The Morgan fingerprint density at radius 3 is 2.95 bits per heavy atom. The first-order valence-electron chi connectivity index (χ1n) is 6.34. The van der Waals surface area contributed by atoms with E-state index in [1.54, 1.807) is 17.1 Å². The number of aliphatic carboxylic acids is 1. The molecule has 0 aliphatic carbocycles. The van der Waals surface area contributed by atoms with E-state index in [9.17, 15) is 9.18 Å². The van der Waals surface area contributed by atoms with Crippen molar-refractivity contribution in [2.75, 3.05) is 0 Å². The van der Waals surface area contributed by atoms with E-state index in [1.165, 1.54) is 6.07 Å². The molecule has 0 unspecified atom stereocenters. The maximum absolute atomic E-state index is 13.0. The minimum absolute atomic E-state index is 0.170. The summed E-state index contributed by atoms with van der Waals surface area (Å²) in [5.74, 6) is -1.16. The first-order chi connectivity index (χ1) is 9.63. The van der Waals surface area contributed by atoms with Gasteiger partial charge < -0.3 is 5.11 Å². The van der Waals surface area contributed by atoms with Crippen molar-refractivity contribution in [3.8, 4) is 0 Å². The fraction of sp³-hybridized carbons (Fsp3) is 0.385. The number of halogens is 1. The number of hydrogen-bond acceptors (Lipinski definition) is 4. The molecule has 0 saturated heterocycles. The minimum atomic E-state index is -0.785. The highest BCUT2D eigenvalue weighted by atomic mass is 19.1. The lowest BCUT2D eigenvalue weighted by molar-refractivity contribution is -0.137. The smallest absolute Gasteiger partial charge is 0.303 e. The third-order valence-electron chi connectivity index (χ3n) is 2.77. The van der Waals surface area contributed by atoms with Crippen molar-refractivity contribution in [3.63, 3.8) is 0 Å². The van der Waals surface area contributed by atoms with E-state index in [1.807, 2.05) is 0 Å². The zero-order valence-corrected chi connectivity index (χ0v) is 10.9. The van der Waals surface area contributed by atoms with E-state index in [4.69, 9.17) is 5.11 Å². The van der Waals surface area contributed by atoms with Crippen LogP contribution in [0.1, 0.15) is 30.5 Å². The molecule has 0 fully saturated rings. The number of unbranched alkanes of at least 4 members (excludes halogenated alkanes) is 1. The van der Waals surface area contributed by atoms with Crippen LogP contribution in [0.4, 0.5) is 4.39 Å². The topological polar surface area (TPSA) is 80.9 Å². The van der Waals surface area contributed by atoms with E-state index in [-0.39, 0.29) is 12.2 Å². The van der Waals surface area contributed by atoms with Crippen LogP contribution in [0.3, 0.4) is 0 Å². The molecule has 2 aromatic rings. The number of aromatic nitrogens is 4. The Labute approximate surface area is 115 Å². The molecule has 0 saturated carbocycles. The van der Waals surface area contributed by atoms with Crippen LogP contribution in [-0.4, -0.2) is 31.1 Å². The molecule has 6 nitrogen and oxygen atoms in total.